The van der Waals surface area contributed by atoms with E-state index in [0.717, 1.165) is 17.7 Å². The highest BCUT2D eigenvalue weighted by atomic mass is 16.5. The SMILES string of the molecule is CCc1ccc(OCC2CC2)c(-c2ncnc3c(C(=O)NC4CCN(C(=O)O)CC4)c(C)[nH]c23)c1. The second-order valence-electron chi connectivity index (χ2n) is 9.53. The smallest absolute Gasteiger partial charge is 0.407 e. The number of ether oxygens (including phenoxy) is 1. The Kier molecular flexibility index (Phi) is 6.32. The second-order valence-corrected chi connectivity index (χ2v) is 9.53. The molecule has 184 valence electrons. The maximum Gasteiger partial charge on any atom is 0.407 e. The molecule has 35 heavy (non-hydrogen) atoms. The number of aromatic nitrogens is 3. The Labute approximate surface area is 203 Å². The van der Waals surface area contributed by atoms with Crippen LogP contribution in [0, 0.1) is 12.8 Å². The van der Waals surface area contributed by atoms with Crippen molar-refractivity contribution in [2.45, 2.75) is 52.0 Å². The number of fused-ring (bicyclic) bond motifs is 1. The van der Waals surface area contributed by atoms with Crippen molar-refractivity contribution in [3.05, 3.63) is 41.3 Å². The molecule has 9 heteroatoms. The summed E-state index contributed by atoms with van der Waals surface area (Å²) in [5.41, 5.74) is 5.29. The number of hydrogen-bond donors (Lipinski definition) is 3. The van der Waals surface area contributed by atoms with E-state index in [1.807, 2.05) is 13.0 Å². The van der Waals surface area contributed by atoms with Crippen molar-refractivity contribution in [3.63, 3.8) is 0 Å². The molecule has 3 N–H and O–H groups in total. The normalized spacial score (nSPS) is 16.5. The maximum atomic E-state index is 13.3. The summed E-state index contributed by atoms with van der Waals surface area (Å²) in [7, 11) is 0. The minimum absolute atomic E-state index is 0.0765. The zero-order chi connectivity index (χ0) is 24.5. The summed E-state index contributed by atoms with van der Waals surface area (Å²) in [6.07, 6.45) is 5.07. The minimum atomic E-state index is -0.917. The Bertz CT molecular complexity index is 1260. The molecule has 2 aliphatic rings. The number of piperidine rings is 1. The van der Waals surface area contributed by atoms with Gasteiger partial charge in [-0.05, 0) is 62.6 Å². The van der Waals surface area contributed by atoms with Gasteiger partial charge in [-0.25, -0.2) is 14.8 Å². The number of benzene rings is 1. The lowest BCUT2D eigenvalue weighted by atomic mass is 10.0. The lowest BCUT2D eigenvalue weighted by molar-refractivity contribution is 0.0908. The number of carbonyl (C=O) groups is 2. The van der Waals surface area contributed by atoms with Gasteiger partial charge in [0.2, 0.25) is 0 Å². The lowest BCUT2D eigenvalue weighted by Gasteiger charge is -2.30. The summed E-state index contributed by atoms with van der Waals surface area (Å²) < 4.78 is 6.18. The van der Waals surface area contributed by atoms with Crippen molar-refractivity contribution in [1.82, 2.24) is 25.2 Å². The van der Waals surface area contributed by atoms with E-state index in [1.165, 1.54) is 29.6 Å². The zero-order valence-corrected chi connectivity index (χ0v) is 20.1. The Morgan fingerprint density at radius 3 is 2.66 bits per heavy atom. The number of H-pyrrole nitrogens is 1. The summed E-state index contributed by atoms with van der Waals surface area (Å²) in [6.45, 7) is 5.50. The molecule has 2 fully saturated rings. The zero-order valence-electron chi connectivity index (χ0n) is 20.1. The van der Waals surface area contributed by atoms with Gasteiger partial charge < -0.3 is 25.0 Å². The molecule has 9 nitrogen and oxygen atoms in total. The average Bonchev–Trinajstić information content (AvgIpc) is 3.62. The van der Waals surface area contributed by atoms with E-state index < -0.39 is 6.09 Å². The molecule has 1 aliphatic carbocycles. The molecule has 3 heterocycles. The van der Waals surface area contributed by atoms with Gasteiger partial charge in [-0.2, -0.15) is 0 Å². The third kappa shape index (κ3) is 4.80. The van der Waals surface area contributed by atoms with Crippen LogP contribution in [0.2, 0.25) is 0 Å². The van der Waals surface area contributed by atoms with Crippen molar-refractivity contribution in [1.29, 1.82) is 0 Å². The fraction of sp³-hybridized carbons (Fsp3) is 0.462. The predicted octanol–water partition coefficient (Wildman–Crippen LogP) is 4.16. The van der Waals surface area contributed by atoms with Gasteiger partial charge in [0, 0.05) is 30.4 Å². The van der Waals surface area contributed by atoms with Gasteiger partial charge in [-0.1, -0.05) is 13.0 Å². The molecule has 0 radical (unpaired) electrons. The fourth-order valence-electron chi connectivity index (χ4n) is 4.68. The summed E-state index contributed by atoms with van der Waals surface area (Å²) >= 11 is 0. The number of nitrogens with one attached hydrogen (secondary N) is 2. The van der Waals surface area contributed by atoms with Crippen LogP contribution in [0.5, 0.6) is 5.75 Å². The molecular weight excluding hydrogens is 446 g/mol. The molecule has 0 unspecified atom stereocenters. The van der Waals surface area contributed by atoms with Gasteiger partial charge in [0.15, 0.2) is 0 Å². The van der Waals surface area contributed by atoms with Gasteiger partial charge in [0.1, 0.15) is 23.3 Å². The highest BCUT2D eigenvalue weighted by molar-refractivity contribution is 6.09. The van der Waals surface area contributed by atoms with E-state index in [-0.39, 0.29) is 11.9 Å². The first-order chi connectivity index (χ1) is 16.9. The van der Waals surface area contributed by atoms with Crippen LogP contribution in [-0.2, 0) is 6.42 Å². The summed E-state index contributed by atoms with van der Waals surface area (Å²) in [5.74, 6) is 1.21. The average molecular weight is 478 g/mol. The fourth-order valence-corrected chi connectivity index (χ4v) is 4.68. The Morgan fingerprint density at radius 2 is 1.97 bits per heavy atom. The molecule has 2 aromatic heterocycles. The highest BCUT2D eigenvalue weighted by Crippen LogP contribution is 2.37. The molecule has 1 aliphatic heterocycles. The topological polar surface area (TPSA) is 120 Å². The first kappa shape index (κ1) is 23.1. The van der Waals surface area contributed by atoms with E-state index in [9.17, 15) is 9.59 Å². The number of nitrogens with zero attached hydrogens (tertiary/aromatic N) is 3. The van der Waals surface area contributed by atoms with Crippen LogP contribution < -0.4 is 10.1 Å². The standard InChI is InChI=1S/C26H31N5O4/c1-3-16-6-7-20(35-13-17-4-5-17)19(12-16)22-24-23(28-14-27-22)21(15(2)29-24)25(32)30-18-8-10-31(11-9-18)26(33)34/h6-7,12,14,17-18,29H,3-5,8-11,13H2,1-2H3,(H,30,32)(H,33,34). The summed E-state index contributed by atoms with van der Waals surface area (Å²) in [5, 5.41) is 12.2. The van der Waals surface area contributed by atoms with Crippen molar-refractivity contribution >= 4 is 23.0 Å². The van der Waals surface area contributed by atoms with Gasteiger partial charge in [0.05, 0.1) is 17.7 Å². The lowest BCUT2D eigenvalue weighted by Crippen LogP contribution is -2.46. The largest absolute Gasteiger partial charge is 0.493 e. The van der Waals surface area contributed by atoms with Crippen molar-refractivity contribution in [3.8, 4) is 17.0 Å². The first-order valence-corrected chi connectivity index (χ1v) is 12.3. The second kappa shape index (κ2) is 9.56. The molecule has 1 saturated heterocycles. The number of rotatable bonds is 7. The van der Waals surface area contributed by atoms with Crippen molar-refractivity contribution in [2.24, 2.45) is 5.92 Å². The van der Waals surface area contributed by atoms with Gasteiger partial charge in [0.25, 0.3) is 5.91 Å². The first-order valence-electron chi connectivity index (χ1n) is 12.3. The number of likely N-dealkylation sites (tertiary alicyclic amines) is 1. The molecule has 3 aromatic rings. The third-order valence-corrected chi connectivity index (χ3v) is 6.98. The Hall–Kier alpha value is -3.62. The van der Waals surface area contributed by atoms with Crippen LogP contribution in [0.4, 0.5) is 4.79 Å². The molecule has 1 saturated carbocycles. The Balaban J connectivity index is 1.45. The number of hydrogen-bond acceptors (Lipinski definition) is 5. The third-order valence-electron chi connectivity index (χ3n) is 6.98. The van der Waals surface area contributed by atoms with E-state index in [1.54, 1.807) is 0 Å². The van der Waals surface area contributed by atoms with E-state index in [4.69, 9.17) is 9.84 Å². The predicted molar refractivity (Wildman–Crippen MR) is 132 cm³/mol. The monoisotopic (exact) mass is 477 g/mol. The maximum absolute atomic E-state index is 13.3. The van der Waals surface area contributed by atoms with Crippen LogP contribution in [-0.4, -0.2) is 62.7 Å². The minimum Gasteiger partial charge on any atom is -0.493 e. The van der Waals surface area contributed by atoms with E-state index >= 15 is 0 Å². The quantitative estimate of drug-likeness (QED) is 0.470. The van der Waals surface area contributed by atoms with Gasteiger partial charge in [-0.3, -0.25) is 4.79 Å². The van der Waals surface area contributed by atoms with Gasteiger partial charge in [-0.15, -0.1) is 0 Å². The van der Waals surface area contributed by atoms with E-state index in [2.05, 4.69) is 39.3 Å². The Morgan fingerprint density at radius 1 is 1.20 bits per heavy atom. The number of carbonyl (C=O) groups excluding carboxylic acids is 1. The molecule has 5 rings (SSSR count). The van der Waals surface area contributed by atoms with Gasteiger partial charge >= 0.3 is 6.09 Å². The molecule has 1 aromatic carbocycles. The summed E-state index contributed by atoms with van der Waals surface area (Å²) in [4.78, 5) is 38.2. The summed E-state index contributed by atoms with van der Waals surface area (Å²) in [6, 6.07) is 6.12. The van der Waals surface area contributed by atoms with Crippen LogP contribution >= 0.6 is 0 Å². The number of aryl methyl sites for hydroxylation is 2. The van der Waals surface area contributed by atoms with Crippen LogP contribution in [0.1, 0.15) is 54.2 Å². The highest BCUT2D eigenvalue weighted by Gasteiger charge is 2.27. The van der Waals surface area contributed by atoms with Crippen LogP contribution in [0.25, 0.3) is 22.3 Å². The van der Waals surface area contributed by atoms with Crippen molar-refractivity contribution in [2.75, 3.05) is 19.7 Å². The molecule has 2 amide bonds. The molecule has 0 atom stereocenters. The molecule has 0 spiro atoms. The van der Waals surface area contributed by atoms with Crippen LogP contribution in [0.15, 0.2) is 24.5 Å². The molecule has 0 bridgehead atoms. The number of aromatic amines is 1. The molecular formula is C26H31N5O4. The van der Waals surface area contributed by atoms with E-state index in [0.29, 0.717) is 66.4 Å². The number of carboxylic acid groups (broad SMARTS) is 1. The van der Waals surface area contributed by atoms with Crippen molar-refractivity contribution < 1.29 is 19.4 Å². The van der Waals surface area contributed by atoms with Crippen LogP contribution in [0.3, 0.4) is 0 Å². The number of amides is 2.